The first-order valence-corrected chi connectivity index (χ1v) is 10.8. The van der Waals surface area contributed by atoms with Crippen molar-refractivity contribution < 1.29 is 17.9 Å². The molecule has 0 radical (unpaired) electrons. The maximum Gasteiger partial charge on any atom is 0.416 e. The van der Waals surface area contributed by atoms with Crippen LogP contribution in [0.1, 0.15) is 27.8 Å². The van der Waals surface area contributed by atoms with E-state index in [2.05, 4.69) is 27.6 Å². The van der Waals surface area contributed by atoms with Crippen molar-refractivity contribution in [2.75, 3.05) is 31.3 Å². The van der Waals surface area contributed by atoms with Crippen LogP contribution in [-0.4, -0.2) is 36.4 Å². The van der Waals surface area contributed by atoms with Gasteiger partial charge in [0.15, 0.2) is 0 Å². The van der Waals surface area contributed by atoms with Crippen LogP contribution in [0.3, 0.4) is 0 Å². The van der Waals surface area contributed by atoms with Gasteiger partial charge in [0, 0.05) is 25.0 Å². The van der Waals surface area contributed by atoms with Crippen LogP contribution in [0.2, 0.25) is 0 Å². The lowest BCUT2D eigenvalue weighted by Crippen LogP contribution is -2.47. The monoisotopic (exact) mass is 470 g/mol. The summed E-state index contributed by atoms with van der Waals surface area (Å²) < 4.78 is 45.3. The number of likely N-dealkylation sites (N-methyl/N-ethyl adjacent to an activating group) is 1. The number of alkyl halides is 3. The number of hydrogen-bond donors (Lipinski definition) is 4. The summed E-state index contributed by atoms with van der Waals surface area (Å²) in [5, 5.41) is 6.26. The maximum absolute atomic E-state index is 13.2. The summed E-state index contributed by atoms with van der Waals surface area (Å²) in [6.45, 7) is 1.73. The van der Waals surface area contributed by atoms with E-state index in [0.29, 0.717) is 28.5 Å². The smallest absolute Gasteiger partial charge is 0.416 e. The summed E-state index contributed by atoms with van der Waals surface area (Å²) in [4.78, 5) is 10.1. The molecule has 1 aromatic heterocycles. The van der Waals surface area contributed by atoms with Gasteiger partial charge in [0.05, 0.1) is 23.8 Å². The highest BCUT2D eigenvalue weighted by Gasteiger charge is 2.37. The van der Waals surface area contributed by atoms with Gasteiger partial charge < -0.3 is 25.3 Å². The Hall–Kier alpha value is -3.50. The molecule has 7 nitrogen and oxygen atoms in total. The Morgan fingerprint density at radius 2 is 2.00 bits per heavy atom. The number of aliphatic imine (C=N–C) groups is 1. The fourth-order valence-corrected chi connectivity index (χ4v) is 4.45. The zero-order valence-electron chi connectivity index (χ0n) is 18.8. The predicted molar refractivity (Wildman–Crippen MR) is 125 cm³/mol. The van der Waals surface area contributed by atoms with Gasteiger partial charge in [-0.3, -0.25) is 5.73 Å². The summed E-state index contributed by atoms with van der Waals surface area (Å²) in [6.07, 6.45) is -1.83. The Morgan fingerprint density at radius 3 is 2.76 bits per heavy atom. The molecule has 3 aromatic rings. The first-order chi connectivity index (χ1) is 16.2. The lowest BCUT2D eigenvalue weighted by Gasteiger charge is -2.35. The Morgan fingerprint density at radius 1 is 1.18 bits per heavy atom. The molecular weight excluding hydrogens is 445 g/mol. The third kappa shape index (κ3) is 3.99. The second-order valence-corrected chi connectivity index (χ2v) is 8.63. The number of nitrogens with two attached hydrogens (primary N) is 1. The van der Waals surface area contributed by atoms with E-state index >= 15 is 0 Å². The Balaban J connectivity index is 1.58. The Labute approximate surface area is 194 Å². The maximum atomic E-state index is 13.2. The Bertz CT molecular complexity index is 1270. The van der Waals surface area contributed by atoms with Crippen LogP contribution in [0.15, 0.2) is 53.7 Å². The van der Waals surface area contributed by atoms with Crippen molar-refractivity contribution in [3.05, 3.63) is 76.5 Å². The normalized spacial score (nSPS) is 20.1. The molecule has 0 amide bonds. The number of hydrogen-bond acceptors (Lipinski definition) is 6. The van der Waals surface area contributed by atoms with Gasteiger partial charge in [-0.15, -0.1) is 0 Å². The van der Waals surface area contributed by atoms with Crippen molar-refractivity contribution in [3.8, 4) is 5.75 Å². The van der Waals surface area contributed by atoms with Crippen molar-refractivity contribution in [2.45, 2.75) is 24.9 Å². The van der Waals surface area contributed by atoms with Crippen LogP contribution in [-0.2, 0) is 24.9 Å². The van der Waals surface area contributed by atoms with E-state index in [9.17, 15) is 13.2 Å². The molecule has 0 bridgehead atoms. The average molecular weight is 470 g/mol. The summed E-state index contributed by atoms with van der Waals surface area (Å²) in [5.41, 5.74) is 9.94. The van der Waals surface area contributed by atoms with Crippen LogP contribution in [0.25, 0.3) is 0 Å². The number of halogens is 3. The van der Waals surface area contributed by atoms with Gasteiger partial charge in [-0.25, -0.2) is 4.99 Å². The van der Waals surface area contributed by atoms with Crippen molar-refractivity contribution in [1.29, 1.82) is 0 Å². The topological polar surface area (TPSA) is 90.7 Å². The van der Waals surface area contributed by atoms with E-state index in [4.69, 9.17) is 15.5 Å². The van der Waals surface area contributed by atoms with Crippen LogP contribution >= 0.6 is 0 Å². The predicted octanol–water partition coefficient (Wildman–Crippen LogP) is 4.08. The number of aromatic amines is 1. The lowest BCUT2D eigenvalue weighted by atomic mass is 9.93. The molecular formula is C24H25F3N6O. The minimum absolute atomic E-state index is 0.254. The first-order valence-electron chi connectivity index (χ1n) is 10.8. The van der Waals surface area contributed by atoms with Gasteiger partial charge in [0.25, 0.3) is 0 Å². The molecule has 0 aliphatic carbocycles. The molecule has 2 aliphatic rings. The third-order valence-electron chi connectivity index (χ3n) is 6.19. The number of rotatable bonds is 3. The molecule has 1 unspecified atom stereocenters. The van der Waals surface area contributed by atoms with Crippen LogP contribution in [0, 0.1) is 0 Å². The van der Waals surface area contributed by atoms with Gasteiger partial charge in [-0.05, 0) is 61.0 Å². The van der Waals surface area contributed by atoms with E-state index in [1.807, 2.05) is 12.1 Å². The number of ether oxygens (including phenoxy) is 1. The number of anilines is 2. The highest BCUT2D eigenvalue weighted by atomic mass is 19.4. The van der Waals surface area contributed by atoms with Crippen molar-refractivity contribution in [2.24, 2.45) is 10.7 Å². The van der Waals surface area contributed by atoms with Crippen LogP contribution < -0.4 is 21.1 Å². The number of H-pyrrole nitrogens is 1. The minimum Gasteiger partial charge on any atom is -0.496 e. The largest absolute Gasteiger partial charge is 0.496 e. The van der Waals surface area contributed by atoms with Gasteiger partial charge in [0.1, 0.15) is 17.4 Å². The van der Waals surface area contributed by atoms with Crippen molar-refractivity contribution in [1.82, 2.24) is 9.88 Å². The fourth-order valence-electron chi connectivity index (χ4n) is 4.45. The zero-order valence-corrected chi connectivity index (χ0v) is 18.8. The molecule has 178 valence electrons. The minimum atomic E-state index is -4.45. The second kappa shape index (κ2) is 8.07. The van der Waals surface area contributed by atoms with Gasteiger partial charge in [-0.2, -0.15) is 13.2 Å². The quantitative estimate of drug-likeness (QED) is 0.463. The molecule has 2 aromatic carbocycles. The number of fused-ring (bicyclic) bond motifs is 2. The molecule has 5 N–H and O–H groups in total. The van der Waals surface area contributed by atoms with Gasteiger partial charge in [-0.1, -0.05) is 6.07 Å². The van der Waals surface area contributed by atoms with Gasteiger partial charge in [0.2, 0.25) is 5.79 Å². The van der Waals surface area contributed by atoms with E-state index in [0.717, 1.165) is 37.2 Å². The lowest BCUT2D eigenvalue weighted by molar-refractivity contribution is -0.137. The highest BCUT2D eigenvalue weighted by molar-refractivity contribution is 6.12. The molecule has 0 spiro atoms. The number of aromatic nitrogens is 1. The Kier molecular flexibility index (Phi) is 5.29. The van der Waals surface area contributed by atoms with Gasteiger partial charge >= 0.3 is 6.18 Å². The number of amidine groups is 1. The second-order valence-electron chi connectivity index (χ2n) is 8.63. The average Bonchev–Trinajstić information content (AvgIpc) is 3.26. The van der Waals surface area contributed by atoms with Crippen molar-refractivity contribution in [3.63, 3.8) is 0 Å². The summed E-state index contributed by atoms with van der Waals surface area (Å²) in [7, 11) is 3.64. The van der Waals surface area contributed by atoms with E-state index < -0.39 is 17.5 Å². The molecule has 5 rings (SSSR count). The summed E-state index contributed by atoms with van der Waals surface area (Å²) in [5.74, 6) is 0.117. The van der Waals surface area contributed by atoms with E-state index in [-0.39, 0.29) is 5.69 Å². The third-order valence-corrected chi connectivity index (χ3v) is 6.19. The number of nitrogens with one attached hydrogen (secondary N) is 3. The standard InChI is InChI=1S/C24H25F3N6O/c1-33-9-7-14-11-20(34-2)19(10-15(14)13-33)24(28)31-21-18(6-8-29-21)22(32-24)30-17-5-3-4-16(12-17)23(25,26)27/h3-6,8,10-12,29,31H,7,9,13,28H2,1-2H3,(H,30,32). The number of benzene rings is 2. The molecule has 0 saturated heterocycles. The number of nitrogens with zero attached hydrogens (tertiary/aromatic N) is 2. The highest BCUT2D eigenvalue weighted by Crippen LogP contribution is 2.38. The molecule has 34 heavy (non-hydrogen) atoms. The van der Waals surface area contributed by atoms with Crippen LogP contribution in [0.5, 0.6) is 5.75 Å². The molecule has 3 heterocycles. The van der Waals surface area contributed by atoms with E-state index in [1.165, 1.54) is 11.6 Å². The summed E-state index contributed by atoms with van der Waals surface area (Å²) >= 11 is 0. The fraction of sp³-hybridized carbons (Fsp3) is 0.292. The molecule has 2 aliphatic heterocycles. The zero-order chi connectivity index (χ0) is 24.1. The van der Waals surface area contributed by atoms with Crippen molar-refractivity contribution >= 4 is 17.3 Å². The SMILES string of the molecule is COc1cc2c(cc1C1(N)N=C(Nc3cccc(C(F)(F)F)c3)c3cc[nH]c3N1)CN(C)CC2. The molecule has 0 fully saturated rings. The summed E-state index contributed by atoms with van der Waals surface area (Å²) in [6, 6.07) is 10.7. The van der Waals surface area contributed by atoms with E-state index in [1.54, 1.807) is 25.4 Å². The first kappa shape index (κ1) is 22.3. The molecule has 1 atom stereocenters. The molecule has 10 heteroatoms. The molecule has 0 saturated carbocycles. The number of methoxy groups -OCH3 is 1. The van der Waals surface area contributed by atoms with Crippen LogP contribution in [0.4, 0.5) is 24.7 Å².